The molecule has 1 amide bonds. The summed E-state index contributed by atoms with van der Waals surface area (Å²) < 4.78 is 0. The molecule has 1 aromatic carbocycles. The van der Waals surface area contributed by atoms with Crippen LogP contribution < -0.4 is 5.32 Å². The second kappa shape index (κ2) is 5.79. The Morgan fingerprint density at radius 1 is 1.29 bits per heavy atom. The van der Waals surface area contributed by atoms with Crippen LogP contribution in [0.15, 0.2) is 12.1 Å². The van der Waals surface area contributed by atoms with Gasteiger partial charge in [-0.3, -0.25) is 24.5 Å². The van der Waals surface area contributed by atoms with Crippen molar-refractivity contribution in [3.63, 3.8) is 0 Å². The Bertz CT molecular complexity index is 658. The summed E-state index contributed by atoms with van der Waals surface area (Å²) in [7, 11) is 0. The van der Waals surface area contributed by atoms with Crippen LogP contribution in [0.5, 0.6) is 0 Å². The predicted octanol–water partition coefficient (Wildman–Crippen LogP) is 1.79. The quantitative estimate of drug-likeness (QED) is 0.393. The van der Waals surface area contributed by atoms with Crippen molar-refractivity contribution in [2.24, 2.45) is 5.92 Å². The van der Waals surface area contributed by atoms with E-state index in [9.17, 15) is 24.5 Å². The lowest BCUT2D eigenvalue weighted by molar-refractivity contribution is -0.385. The number of nitrogens with zero attached hydrogens (tertiary/aromatic N) is 1. The first-order valence-electron chi connectivity index (χ1n) is 5.81. The van der Waals surface area contributed by atoms with E-state index in [1.807, 2.05) is 0 Å². The first-order valence-corrected chi connectivity index (χ1v) is 6.56. The Hall–Kier alpha value is -1.99. The van der Waals surface area contributed by atoms with Gasteiger partial charge in [0.15, 0.2) is 17.5 Å². The molecule has 0 radical (unpaired) electrons. The summed E-state index contributed by atoms with van der Waals surface area (Å²) in [6, 6.07) is 1.92. The van der Waals surface area contributed by atoms with Crippen LogP contribution in [0.25, 0.3) is 0 Å². The number of nitro benzene ring substituents is 1. The van der Waals surface area contributed by atoms with Gasteiger partial charge in [0, 0.05) is 19.0 Å². The number of nitro groups is 1. The smallest absolute Gasteiger partial charge is 0.281 e. The molecule has 1 N–H and O–H groups in total. The molecule has 0 bridgehead atoms. The van der Waals surface area contributed by atoms with Crippen LogP contribution in [-0.2, 0) is 9.59 Å². The number of hydrogen-bond acceptors (Lipinski definition) is 5. The van der Waals surface area contributed by atoms with Gasteiger partial charge >= 0.3 is 0 Å². The van der Waals surface area contributed by atoms with Crippen LogP contribution in [0.2, 0.25) is 10.0 Å². The second-order valence-corrected chi connectivity index (χ2v) is 5.16. The Morgan fingerprint density at radius 3 is 2.48 bits per heavy atom. The van der Waals surface area contributed by atoms with Gasteiger partial charge in [-0.2, -0.15) is 0 Å². The van der Waals surface area contributed by atoms with Crippen LogP contribution in [-0.4, -0.2) is 28.9 Å². The highest BCUT2D eigenvalue weighted by Gasteiger charge is 2.39. The number of amides is 1. The van der Waals surface area contributed by atoms with Gasteiger partial charge in [0.2, 0.25) is 5.91 Å². The molecule has 0 spiro atoms. The van der Waals surface area contributed by atoms with E-state index in [1.165, 1.54) is 0 Å². The van der Waals surface area contributed by atoms with Crippen molar-refractivity contribution in [1.82, 2.24) is 5.32 Å². The first-order chi connectivity index (χ1) is 9.82. The number of nitrogens with one attached hydrogen (secondary N) is 1. The minimum atomic E-state index is -1.59. The zero-order valence-electron chi connectivity index (χ0n) is 10.4. The highest BCUT2D eigenvalue weighted by Crippen LogP contribution is 2.32. The summed E-state index contributed by atoms with van der Waals surface area (Å²) in [5.74, 6) is -3.89. The topological polar surface area (TPSA) is 106 Å². The summed E-state index contributed by atoms with van der Waals surface area (Å²) in [5, 5.41) is 13.2. The van der Waals surface area contributed by atoms with Gasteiger partial charge in [0.1, 0.15) is 0 Å². The average Bonchev–Trinajstić information content (AvgIpc) is 2.40. The number of Topliss-reactive ketones (excluding diaryl/α,β-unsaturated/α-hetero) is 2. The van der Waals surface area contributed by atoms with E-state index in [1.54, 1.807) is 0 Å². The van der Waals surface area contributed by atoms with Crippen molar-refractivity contribution in [3.8, 4) is 0 Å². The van der Waals surface area contributed by atoms with Crippen molar-refractivity contribution in [2.45, 2.75) is 6.42 Å². The van der Waals surface area contributed by atoms with E-state index in [-0.39, 0.29) is 23.0 Å². The highest BCUT2D eigenvalue weighted by molar-refractivity contribution is 6.42. The van der Waals surface area contributed by atoms with Crippen molar-refractivity contribution < 1.29 is 19.3 Å². The van der Waals surface area contributed by atoms with Crippen molar-refractivity contribution in [3.05, 3.63) is 37.9 Å². The average molecular weight is 331 g/mol. The minimum Gasteiger partial charge on any atom is -0.355 e. The number of carbonyl (C=O) groups excluding carboxylic acids is 3. The fourth-order valence-electron chi connectivity index (χ4n) is 2.01. The van der Waals surface area contributed by atoms with Gasteiger partial charge in [-0.05, 0) is 6.07 Å². The molecule has 1 aliphatic heterocycles. The molecule has 1 aromatic rings. The fraction of sp³-hybridized carbons (Fsp3) is 0.250. The Morgan fingerprint density at radius 2 is 1.90 bits per heavy atom. The van der Waals surface area contributed by atoms with E-state index in [0.717, 1.165) is 12.1 Å². The molecule has 0 aliphatic carbocycles. The van der Waals surface area contributed by atoms with Crippen molar-refractivity contribution >= 4 is 46.4 Å². The van der Waals surface area contributed by atoms with Crippen molar-refractivity contribution in [2.75, 3.05) is 6.54 Å². The molecule has 1 heterocycles. The lowest BCUT2D eigenvalue weighted by Gasteiger charge is -2.19. The fourth-order valence-corrected chi connectivity index (χ4v) is 2.33. The van der Waals surface area contributed by atoms with E-state index >= 15 is 0 Å². The maximum atomic E-state index is 12.3. The maximum absolute atomic E-state index is 12.3. The van der Waals surface area contributed by atoms with Crippen LogP contribution in [0, 0.1) is 16.0 Å². The molecule has 1 aliphatic rings. The summed E-state index contributed by atoms with van der Waals surface area (Å²) in [6.45, 7) is 0.144. The summed E-state index contributed by atoms with van der Waals surface area (Å²) in [4.78, 5) is 45.9. The molecular formula is C12H8Cl2N2O5. The minimum absolute atomic E-state index is 0.00271. The zero-order chi connectivity index (χ0) is 15.7. The molecule has 21 heavy (non-hydrogen) atoms. The van der Waals surface area contributed by atoms with E-state index in [4.69, 9.17) is 23.2 Å². The number of ketones is 2. The van der Waals surface area contributed by atoms with E-state index < -0.39 is 39.6 Å². The maximum Gasteiger partial charge on any atom is 0.281 e. The van der Waals surface area contributed by atoms with Gasteiger partial charge in [0.05, 0.1) is 20.5 Å². The van der Waals surface area contributed by atoms with Crippen LogP contribution in [0.3, 0.4) is 0 Å². The Balaban J connectivity index is 2.52. The molecule has 0 aromatic heterocycles. The molecule has 2 rings (SSSR count). The van der Waals surface area contributed by atoms with Crippen molar-refractivity contribution in [1.29, 1.82) is 0 Å². The number of piperidine rings is 1. The molecular weight excluding hydrogens is 323 g/mol. The molecule has 0 saturated carbocycles. The molecule has 110 valence electrons. The van der Waals surface area contributed by atoms with Crippen LogP contribution in [0.1, 0.15) is 16.8 Å². The molecule has 7 nitrogen and oxygen atoms in total. The Kier molecular flexibility index (Phi) is 4.24. The molecule has 1 fully saturated rings. The van der Waals surface area contributed by atoms with E-state index in [2.05, 4.69) is 5.32 Å². The lowest BCUT2D eigenvalue weighted by Crippen LogP contribution is -2.46. The molecule has 1 unspecified atom stereocenters. The lowest BCUT2D eigenvalue weighted by atomic mass is 9.88. The van der Waals surface area contributed by atoms with Crippen LogP contribution >= 0.6 is 23.2 Å². The number of halogens is 2. The normalized spacial score (nSPS) is 18.3. The van der Waals surface area contributed by atoms with Gasteiger partial charge in [-0.15, -0.1) is 0 Å². The number of benzene rings is 1. The van der Waals surface area contributed by atoms with Gasteiger partial charge in [-0.25, -0.2) is 0 Å². The third-order valence-electron chi connectivity index (χ3n) is 3.02. The summed E-state index contributed by atoms with van der Waals surface area (Å²) in [5.41, 5.74) is -1.01. The third kappa shape index (κ3) is 2.88. The predicted molar refractivity (Wildman–Crippen MR) is 73.6 cm³/mol. The number of rotatable bonds is 3. The van der Waals surface area contributed by atoms with Gasteiger partial charge in [0.25, 0.3) is 5.69 Å². The third-order valence-corrected chi connectivity index (χ3v) is 3.74. The zero-order valence-corrected chi connectivity index (χ0v) is 11.9. The monoisotopic (exact) mass is 330 g/mol. The molecule has 1 atom stereocenters. The first kappa shape index (κ1) is 15.4. The Labute approximate surface area is 128 Å². The largest absolute Gasteiger partial charge is 0.355 e. The summed E-state index contributed by atoms with van der Waals surface area (Å²) in [6.07, 6.45) is -0.00271. The number of hydrogen-bond donors (Lipinski definition) is 1. The molecule has 1 saturated heterocycles. The van der Waals surface area contributed by atoms with E-state index in [0.29, 0.717) is 0 Å². The highest BCUT2D eigenvalue weighted by atomic mass is 35.5. The second-order valence-electron chi connectivity index (χ2n) is 4.35. The molecule has 9 heteroatoms. The summed E-state index contributed by atoms with van der Waals surface area (Å²) >= 11 is 11.4. The SMILES string of the molecule is O=C1CCNC(=O)C1C(=O)c1cc(Cl)c(Cl)cc1[N+](=O)[O-]. The van der Waals surface area contributed by atoms with Gasteiger partial charge < -0.3 is 5.32 Å². The standard InChI is InChI=1S/C12H8Cl2N2O5/c13-6-3-5(8(16(20)21)4-7(6)14)11(18)10-9(17)1-2-15-12(10)19/h3-4,10H,1-2H2,(H,15,19). The van der Waals surface area contributed by atoms with Gasteiger partial charge in [-0.1, -0.05) is 23.2 Å². The van der Waals surface area contributed by atoms with Crippen LogP contribution in [0.4, 0.5) is 5.69 Å². The number of carbonyl (C=O) groups is 3.